The predicted molar refractivity (Wildman–Crippen MR) is 71.5 cm³/mol. The van der Waals surface area contributed by atoms with Gasteiger partial charge in [-0.3, -0.25) is 14.9 Å². The van der Waals surface area contributed by atoms with Crippen LogP contribution in [0.4, 0.5) is 0 Å². The van der Waals surface area contributed by atoms with Gasteiger partial charge in [0, 0.05) is 17.8 Å². The second-order valence-corrected chi connectivity index (χ2v) is 4.15. The van der Waals surface area contributed by atoms with Gasteiger partial charge in [-0.2, -0.15) is 5.10 Å². The third-order valence-electron chi connectivity index (χ3n) is 2.89. The number of amides is 1. The standard InChI is InChI=1S/C14H12N4O/c19-14(16-9-11-6-8-17-18-11)13-12-4-2-1-3-10(12)5-7-15-13/h1-8H,9H2,(H,16,19)(H,17,18). The van der Waals surface area contributed by atoms with Crippen LogP contribution in [-0.2, 0) is 6.54 Å². The summed E-state index contributed by atoms with van der Waals surface area (Å²) in [5.41, 5.74) is 1.30. The van der Waals surface area contributed by atoms with Gasteiger partial charge in [-0.15, -0.1) is 0 Å². The number of nitrogens with one attached hydrogen (secondary N) is 2. The van der Waals surface area contributed by atoms with E-state index in [4.69, 9.17) is 0 Å². The number of pyridine rings is 1. The second kappa shape index (κ2) is 4.89. The number of nitrogens with zero attached hydrogens (tertiary/aromatic N) is 2. The molecule has 0 unspecified atom stereocenters. The summed E-state index contributed by atoms with van der Waals surface area (Å²) < 4.78 is 0. The molecule has 0 aliphatic heterocycles. The first-order valence-corrected chi connectivity index (χ1v) is 5.95. The van der Waals surface area contributed by atoms with Gasteiger partial charge in [0.05, 0.1) is 12.2 Å². The maximum absolute atomic E-state index is 12.1. The highest BCUT2D eigenvalue weighted by Crippen LogP contribution is 2.16. The molecule has 19 heavy (non-hydrogen) atoms. The van der Waals surface area contributed by atoms with E-state index in [-0.39, 0.29) is 5.91 Å². The molecule has 0 bridgehead atoms. The van der Waals surface area contributed by atoms with Crippen molar-refractivity contribution in [1.29, 1.82) is 0 Å². The zero-order chi connectivity index (χ0) is 13.1. The van der Waals surface area contributed by atoms with Crippen LogP contribution in [0.5, 0.6) is 0 Å². The number of hydrogen-bond acceptors (Lipinski definition) is 3. The van der Waals surface area contributed by atoms with Gasteiger partial charge in [0.1, 0.15) is 5.69 Å². The maximum Gasteiger partial charge on any atom is 0.270 e. The number of carbonyl (C=O) groups excluding carboxylic acids is 1. The normalized spacial score (nSPS) is 10.5. The molecular weight excluding hydrogens is 240 g/mol. The molecule has 0 atom stereocenters. The van der Waals surface area contributed by atoms with Crippen LogP contribution >= 0.6 is 0 Å². The Morgan fingerprint density at radius 1 is 1.16 bits per heavy atom. The Hall–Kier alpha value is -2.69. The molecule has 1 aromatic carbocycles. The number of hydrogen-bond donors (Lipinski definition) is 2. The van der Waals surface area contributed by atoms with Gasteiger partial charge in [-0.25, -0.2) is 0 Å². The summed E-state index contributed by atoms with van der Waals surface area (Å²) in [5.74, 6) is -0.189. The number of aromatic amines is 1. The lowest BCUT2D eigenvalue weighted by molar-refractivity contribution is 0.0947. The van der Waals surface area contributed by atoms with Gasteiger partial charge >= 0.3 is 0 Å². The molecule has 1 amide bonds. The number of rotatable bonds is 3. The molecule has 2 aromatic heterocycles. The van der Waals surface area contributed by atoms with E-state index >= 15 is 0 Å². The molecular formula is C14H12N4O. The fourth-order valence-electron chi connectivity index (χ4n) is 1.94. The Bertz CT molecular complexity index is 701. The van der Waals surface area contributed by atoms with E-state index in [1.165, 1.54) is 0 Å². The molecule has 3 aromatic rings. The van der Waals surface area contributed by atoms with E-state index in [1.54, 1.807) is 12.4 Å². The number of fused-ring (bicyclic) bond motifs is 1. The first-order valence-electron chi connectivity index (χ1n) is 5.95. The fraction of sp³-hybridized carbons (Fsp3) is 0.0714. The molecule has 0 radical (unpaired) electrons. The Labute approximate surface area is 109 Å². The summed E-state index contributed by atoms with van der Waals surface area (Å²) in [4.78, 5) is 16.3. The van der Waals surface area contributed by atoms with E-state index in [0.717, 1.165) is 16.5 Å². The molecule has 5 heteroatoms. The lowest BCUT2D eigenvalue weighted by atomic mass is 10.1. The van der Waals surface area contributed by atoms with Crippen LogP contribution in [-0.4, -0.2) is 21.1 Å². The molecule has 5 nitrogen and oxygen atoms in total. The number of carbonyl (C=O) groups is 1. The van der Waals surface area contributed by atoms with Crippen LogP contribution < -0.4 is 5.32 Å². The largest absolute Gasteiger partial charge is 0.345 e. The number of aromatic nitrogens is 3. The molecule has 0 fully saturated rings. The zero-order valence-corrected chi connectivity index (χ0v) is 10.1. The average Bonchev–Trinajstić information content (AvgIpc) is 2.97. The molecule has 0 spiro atoms. The van der Waals surface area contributed by atoms with Gasteiger partial charge < -0.3 is 5.32 Å². The number of benzene rings is 1. The minimum Gasteiger partial charge on any atom is -0.345 e. The van der Waals surface area contributed by atoms with Crippen molar-refractivity contribution < 1.29 is 4.79 Å². The highest BCUT2D eigenvalue weighted by Gasteiger charge is 2.10. The van der Waals surface area contributed by atoms with Crippen molar-refractivity contribution in [2.45, 2.75) is 6.54 Å². The van der Waals surface area contributed by atoms with Crippen molar-refractivity contribution in [3.8, 4) is 0 Å². The van der Waals surface area contributed by atoms with Gasteiger partial charge in [-0.05, 0) is 17.5 Å². The van der Waals surface area contributed by atoms with Gasteiger partial charge in [-0.1, -0.05) is 24.3 Å². The molecule has 0 aliphatic carbocycles. The third kappa shape index (κ3) is 2.30. The van der Waals surface area contributed by atoms with Crippen molar-refractivity contribution in [3.63, 3.8) is 0 Å². The van der Waals surface area contributed by atoms with E-state index in [2.05, 4.69) is 20.5 Å². The maximum atomic E-state index is 12.1. The number of H-pyrrole nitrogens is 1. The van der Waals surface area contributed by atoms with Crippen LogP contribution in [0.15, 0.2) is 48.8 Å². The monoisotopic (exact) mass is 252 g/mol. The Kier molecular flexibility index (Phi) is 2.94. The molecule has 3 rings (SSSR count). The van der Waals surface area contributed by atoms with Gasteiger partial charge in [0.2, 0.25) is 0 Å². The molecule has 2 N–H and O–H groups in total. The van der Waals surface area contributed by atoms with E-state index < -0.39 is 0 Å². The molecule has 0 saturated heterocycles. The average molecular weight is 252 g/mol. The second-order valence-electron chi connectivity index (χ2n) is 4.15. The SMILES string of the molecule is O=C(NCc1ccn[nH]1)c1nccc2ccccc12. The smallest absolute Gasteiger partial charge is 0.270 e. The Morgan fingerprint density at radius 3 is 2.89 bits per heavy atom. The van der Waals surface area contributed by atoms with E-state index in [9.17, 15) is 4.79 Å². The lowest BCUT2D eigenvalue weighted by Crippen LogP contribution is -2.24. The first-order chi connectivity index (χ1) is 9.34. The topological polar surface area (TPSA) is 70.7 Å². The first kappa shape index (κ1) is 11.4. The van der Waals surface area contributed by atoms with Crippen molar-refractivity contribution in [2.75, 3.05) is 0 Å². The predicted octanol–water partition coefficient (Wildman–Crippen LogP) is 1.89. The summed E-state index contributed by atoms with van der Waals surface area (Å²) >= 11 is 0. The minimum atomic E-state index is -0.189. The Balaban J connectivity index is 1.85. The van der Waals surface area contributed by atoms with Crippen molar-refractivity contribution >= 4 is 16.7 Å². The fourth-order valence-corrected chi connectivity index (χ4v) is 1.94. The summed E-state index contributed by atoms with van der Waals surface area (Å²) in [6, 6.07) is 11.4. The molecule has 94 valence electrons. The van der Waals surface area contributed by atoms with E-state index in [0.29, 0.717) is 12.2 Å². The van der Waals surface area contributed by atoms with Crippen molar-refractivity contribution in [2.24, 2.45) is 0 Å². The van der Waals surface area contributed by atoms with Crippen molar-refractivity contribution in [1.82, 2.24) is 20.5 Å². The highest BCUT2D eigenvalue weighted by molar-refractivity contribution is 6.05. The summed E-state index contributed by atoms with van der Waals surface area (Å²) in [7, 11) is 0. The summed E-state index contributed by atoms with van der Waals surface area (Å²) in [5, 5.41) is 11.3. The summed E-state index contributed by atoms with van der Waals surface area (Å²) in [6.07, 6.45) is 3.30. The highest BCUT2D eigenvalue weighted by atomic mass is 16.1. The van der Waals surface area contributed by atoms with Crippen LogP contribution in [0.25, 0.3) is 10.8 Å². The van der Waals surface area contributed by atoms with Crippen LogP contribution in [0, 0.1) is 0 Å². The van der Waals surface area contributed by atoms with Crippen LogP contribution in [0.3, 0.4) is 0 Å². The van der Waals surface area contributed by atoms with Gasteiger partial charge in [0.25, 0.3) is 5.91 Å². The lowest BCUT2D eigenvalue weighted by Gasteiger charge is -2.06. The Morgan fingerprint density at radius 2 is 2.05 bits per heavy atom. The molecule has 0 aliphatic rings. The molecule has 0 saturated carbocycles. The van der Waals surface area contributed by atoms with Gasteiger partial charge in [0.15, 0.2) is 0 Å². The third-order valence-corrected chi connectivity index (χ3v) is 2.89. The zero-order valence-electron chi connectivity index (χ0n) is 10.1. The van der Waals surface area contributed by atoms with Crippen LogP contribution in [0.1, 0.15) is 16.2 Å². The minimum absolute atomic E-state index is 0.189. The quantitative estimate of drug-likeness (QED) is 0.747. The summed E-state index contributed by atoms with van der Waals surface area (Å²) in [6.45, 7) is 0.406. The van der Waals surface area contributed by atoms with Crippen LogP contribution in [0.2, 0.25) is 0 Å². The molecule has 2 heterocycles. The van der Waals surface area contributed by atoms with E-state index in [1.807, 2.05) is 36.4 Å². The van der Waals surface area contributed by atoms with Crippen molar-refractivity contribution in [3.05, 3.63) is 60.2 Å².